The van der Waals surface area contributed by atoms with Gasteiger partial charge in [0.2, 0.25) is 5.91 Å². The molecule has 4 N–H and O–H groups in total. The first kappa shape index (κ1) is 21.4. The molecule has 5 nitrogen and oxygen atoms in total. The first-order valence-corrected chi connectivity index (χ1v) is 8.81. The van der Waals surface area contributed by atoms with Crippen molar-refractivity contribution in [2.24, 2.45) is 11.7 Å². The van der Waals surface area contributed by atoms with Gasteiger partial charge in [0, 0.05) is 16.6 Å². The van der Waals surface area contributed by atoms with E-state index in [1.165, 1.54) is 0 Å². The summed E-state index contributed by atoms with van der Waals surface area (Å²) in [6.07, 6.45) is 0. The average Bonchev–Trinajstić information content (AvgIpc) is 3.06. The maximum Gasteiger partial charge on any atom is 0.253 e. The van der Waals surface area contributed by atoms with E-state index in [1.807, 2.05) is 17.5 Å². The predicted octanol–water partition coefficient (Wildman–Crippen LogP) is 3.68. The van der Waals surface area contributed by atoms with Crippen molar-refractivity contribution in [3.05, 3.63) is 51.2 Å². The number of benzene rings is 1. The Balaban J connectivity index is 0.00000312. The molecule has 0 aliphatic heterocycles. The Labute approximate surface area is 162 Å². The summed E-state index contributed by atoms with van der Waals surface area (Å²) in [7, 11) is 0. The van der Waals surface area contributed by atoms with Gasteiger partial charge in [-0.2, -0.15) is 0 Å². The highest BCUT2D eigenvalue weighted by atomic mass is 35.5. The molecule has 1 heterocycles. The fourth-order valence-corrected chi connectivity index (χ4v) is 2.80. The molecular weight excluding hydrogens is 381 g/mol. The number of anilines is 1. The minimum Gasteiger partial charge on any atom is -0.347 e. The quantitative estimate of drug-likeness (QED) is 0.689. The maximum atomic E-state index is 12.3. The predicted molar refractivity (Wildman–Crippen MR) is 106 cm³/mol. The second kappa shape index (κ2) is 9.77. The van der Waals surface area contributed by atoms with Crippen molar-refractivity contribution in [2.75, 3.05) is 5.32 Å². The normalized spacial score (nSPS) is 12.6. The number of thiophene rings is 1. The van der Waals surface area contributed by atoms with E-state index in [4.69, 9.17) is 17.3 Å². The monoisotopic (exact) mass is 401 g/mol. The largest absolute Gasteiger partial charge is 0.347 e. The fourth-order valence-electron chi connectivity index (χ4n) is 1.95. The van der Waals surface area contributed by atoms with E-state index in [-0.39, 0.29) is 36.2 Å². The molecule has 25 heavy (non-hydrogen) atoms. The van der Waals surface area contributed by atoms with Crippen LogP contribution in [-0.2, 0) is 11.3 Å². The van der Waals surface area contributed by atoms with Crippen LogP contribution in [0.3, 0.4) is 0 Å². The number of halogens is 2. The van der Waals surface area contributed by atoms with Crippen LogP contribution in [0.15, 0.2) is 35.7 Å². The highest BCUT2D eigenvalue weighted by molar-refractivity contribution is 7.09. The Hall–Kier alpha value is -1.60. The lowest BCUT2D eigenvalue weighted by molar-refractivity contribution is -0.119. The second-order valence-corrected chi connectivity index (χ2v) is 7.03. The molecule has 1 aromatic heterocycles. The van der Waals surface area contributed by atoms with Crippen LogP contribution in [-0.4, -0.2) is 17.9 Å². The number of hydrogen-bond donors (Lipinski definition) is 3. The SMILES string of the molecule is CC(N)C(C)C(=O)Nc1ccc(Cl)c(C(=O)NCc2cccs2)c1.Cl. The zero-order chi connectivity index (χ0) is 17.7. The Kier molecular flexibility index (Phi) is 8.38. The van der Waals surface area contributed by atoms with Gasteiger partial charge < -0.3 is 16.4 Å². The minimum absolute atomic E-state index is 0. The van der Waals surface area contributed by atoms with Crippen LogP contribution >= 0.6 is 35.3 Å². The van der Waals surface area contributed by atoms with Crippen LogP contribution in [0.4, 0.5) is 5.69 Å². The third kappa shape index (κ3) is 6.01. The van der Waals surface area contributed by atoms with Gasteiger partial charge in [-0.15, -0.1) is 23.7 Å². The summed E-state index contributed by atoms with van der Waals surface area (Å²) in [6.45, 7) is 3.96. The number of amides is 2. The van der Waals surface area contributed by atoms with E-state index in [2.05, 4.69) is 10.6 Å². The van der Waals surface area contributed by atoms with Crippen LogP contribution in [0.1, 0.15) is 29.1 Å². The molecular formula is C17H21Cl2N3O2S. The minimum atomic E-state index is -0.336. The summed E-state index contributed by atoms with van der Waals surface area (Å²) in [5.41, 5.74) is 6.56. The molecule has 2 rings (SSSR count). The molecule has 0 radical (unpaired) electrons. The summed E-state index contributed by atoms with van der Waals surface area (Å²) in [5, 5.41) is 7.86. The van der Waals surface area contributed by atoms with Crippen molar-refractivity contribution in [1.82, 2.24) is 5.32 Å². The third-order valence-corrected chi connectivity index (χ3v) is 4.89. The van der Waals surface area contributed by atoms with Gasteiger partial charge >= 0.3 is 0 Å². The van der Waals surface area contributed by atoms with Gasteiger partial charge in [0.25, 0.3) is 5.91 Å². The Bertz CT molecular complexity index is 721. The first-order chi connectivity index (χ1) is 11.4. The molecule has 0 spiro atoms. The first-order valence-electron chi connectivity index (χ1n) is 7.55. The topological polar surface area (TPSA) is 84.2 Å². The number of nitrogens with one attached hydrogen (secondary N) is 2. The van der Waals surface area contributed by atoms with Crippen LogP contribution in [0.5, 0.6) is 0 Å². The zero-order valence-corrected chi connectivity index (χ0v) is 16.3. The number of carbonyl (C=O) groups excluding carboxylic acids is 2. The van der Waals surface area contributed by atoms with Crippen molar-refractivity contribution in [3.63, 3.8) is 0 Å². The number of hydrogen-bond acceptors (Lipinski definition) is 4. The van der Waals surface area contributed by atoms with Crippen LogP contribution in [0, 0.1) is 5.92 Å². The molecule has 0 fully saturated rings. The standard InChI is InChI=1S/C17H20ClN3O2S.ClH/c1-10(11(2)19)16(22)21-12-5-6-15(18)14(8-12)17(23)20-9-13-4-3-7-24-13;/h3-8,10-11H,9,19H2,1-2H3,(H,20,23)(H,21,22);1H. The van der Waals surface area contributed by atoms with Gasteiger partial charge in [0.15, 0.2) is 0 Å². The summed E-state index contributed by atoms with van der Waals surface area (Å²) in [5.74, 6) is -0.821. The Morgan fingerprint density at radius 1 is 1.28 bits per heavy atom. The zero-order valence-electron chi connectivity index (χ0n) is 13.9. The van der Waals surface area contributed by atoms with Crippen molar-refractivity contribution < 1.29 is 9.59 Å². The van der Waals surface area contributed by atoms with Crippen molar-refractivity contribution in [1.29, 1.82) is 0 Å². The average molecular weight is 402 g/mol. The van der Waals surface area contributed by atoms with Gasteiger partial charge in [-0.25, -0.2) is 0 Å². The van der Waals surface area contributed by atoms with Crippen molar-refractivity contribution in [2.45, 2.75) is 26.4 Å². The number of rotatable bonds is 6. The van der Waals surface area contributed by atoms with E-state index in [1.54, 1.807) is 43.4 Å². The van der Waals surface area contributed by atoms with Crippen LogP contribution in [0.2, 0.25) is 5.02 Å². The summed E-state index contributed by atoms with van der Waals surface area (Å²) in [6, 6.07) is 8.43. The van der Waals surface area contributed by atoms with E-state index >= 15 is 0 Å². The van der Waals surface area contributed by atoms with Crippen molar-refractivity contribution in [3.8, 4) is 0 Å². The molecule has 0 aliphatic carbocycles. The third-order valence-electron chi connectivity index (χ3n) is 3.68. The molecule has 2 unspecified atom stereocenters. The lowest BCUT2D eigenvalue weighted by Crippen LogP contribution is -2.34. The molecule has 2 atom stereocenters. The molecule has 0 saturated carbocycles. The van der Waals surface area contributed by atoms with Crippen LogP contribution in [0.25, 0.3) is 0 Å². The molecule has 0 bridgehead atoms. The molecule has 0 aliphatic rings. The van der Waals surface area contributed by atoms with Gasteiger partial charge in [0.05, 0.1) is 23.0 Å². The van der Waals surface area contributed by atoms with Gasteiger partial charge in [-0.3, -0.25) is 9.59 Å². The highest BCUT2D eigenvalue weighted by Gasteiger charge is 2.18. The molecule has 136 valence electrons. The Morgan fingerprint density at radius 2 is 2.00 bits per heavy atom. The van der Waals surface area contributed by atoms with Crippen LogP contribution < -0.4 is 16.4 Å². The summed E-state index contributed by atoms with van der Waals surface area (Å²) in [4.78, 5) is 25.4. The highest BCUT2D eigenvalue weighted by Crippen LogP contribution is 2.21. The fraction of sp³-hybridized carbons (Fsp3) is 0.294. The second-order valence-electron chi connectivity index (χ2n) is 5.59. The van der Waals surface area contributed by atoms with E-state index in [9.17, 15) is 9.59 Å². The lowest BCUT2D eigenvalue weighted by Gasteiger charge is -2.16. The smallest absolute Gasteiger partial charge is 0.253 e. The lowest BCUT2D eigenvalue weighted by atomic mass is 10.0. The van der Waals surface area contributed by atoms with E-state index in [0.29, 0.717) is 22.8 Å². The molecule has 8 heteroatoms. The van der Waals surface area contributed by atoms with E-state index in [0.717, 1.165) is 4.88 Å². The molecule has 1 aromatic carbocycles. The number of carbonyl (C=O) groups is 2. The van der Waals surface area contributed by atoms with Gasteiger partial charge in [-0.1, -0.05) is 24.6 Å². The Morgan fingerprint density at radius 3 is 2.60 bits per heavy atom. The molecule has 2 amide bonds. The maximum absolute atomic E-state index is 12.3. The summed E-state index contributed by atoms with van der Waals surface area (Å²) < 4.78 is 0. The molecule has 2 aromatic rings. The van der Waals surface area contributed by atoms with Crippen molar-refractivity contribution >= 4 is 52.8 Å². The van der Waals surface area contributed by atoms with Gasteiger partial charge in [-0.05, 0) is 36.6 Å². The molecule has 0 saturated heterocycles. The van der Waals surface area contributed by atoms with Gasteiger partial charge in [0.1, 0.15) is 0 Å². The van der Waals surface area contributed by atoms with E-state index < -0.39 is 0 Å². The number of nitrogens with two attached hydrogens (primary N) is 1. The summed E-state index contributed by atoms with van der Waals surface area (Å²) >= 11 is 7.68.